The van der Waals surface area contributed by atoms with Crippen molar-refractivity contribution >= 4 is 5.78 Å². The lowest BCUT2D eigenvalue weighted by atomic mass is 9.44. The van der Waals surface area contributed by atoms with E-state index in [1.54, 1.807) is 0 Å². The van der Waals surface area contributed by atoms with Crippen molar-refractivity contribution in [2.75, 3.05) is 0 Å². The van der Waals surface area contributed by atoms with Gasteiger partial charge in [0, 0.05) is 11.8 Å². The summed E-state index contributed by atoms with van der Waals surface area (Å²) < 4.78 is 39.6. The van der Waals surface area contributed by atoms with Gasteiger partial charge in [0.25, 0.3) is 0 Å². The van der Waals surface area contributed by atoms with Crippen molar-refractivity contribution in [1.82, 2.24) is 0 Å². The summed E-state index contributed by atoms with van der Waals surface area (Å²) in [7, 11) is 0. The number of hydrogen-bond acceptors (Lipinski definition) is 1. The maximum absolute atomic E-state index is 13.2. The molecule has 0 aromatic rings. The van der Waals surface area contributed by atoms with Gasteiger partial charge < -0.3 is 0 Å². The first-order valence-electron chi connectivity index (χ1n) is 9.76. The normalized spacial score (nSPS) is 51.7. The van der Waals surface area contributed by atoms with E-state index in [1.165, 1.54) is 0 Å². The second kappa shape index (κ2) is 5.23. The monoisotopic (exact) mass is 342 g/mol. The predicted octanol–water partition coefficient (Wildman–Crippen LogP) is 5.78. The van der Waals surface area contributed by atoms with Gasteiger partial charge in [-0.3, -0.25) is 4.79 Å². The number of carbonyl (C=O) groups is 1. The Morgan fingerprint density at radius 3 is 2.42 bits per heavy atom. The molecule has 0 heterocycles. The molecule has 0 aromatic heterocycles. The maximum Gasteiger partial charge on any atom is 0.391 e. The highest BCUT2D eigenvalue weighted by molar-refractivity contribution is 5.87. The lowest BCUT2D eigenvalue weighted by molar-refractivity contribution is -0.207. The van der Waals surface area contributed by atoms with Crippen LogP contribution in [0, 0.1) is 40.4 Å². The minimum Gasteiger partial charge on any atom is -0.299 e. The fraction of sp³-hybridized carbons (Fsp3) is 0.950. The summed E-state index contributed by atoms with van der Waals surface area (Å²) in [6.07, 6.45) is 3.07. The minimum absolute atomic E-state index is 0.0671. The number of rotatable bonds is 0. The Morgan fingerprint density at radius 1 is 0.958 bits per heavy atom. The highest BCUT2D eigenvalue weighted by Crippen LogP contribution is 2.66. The molecule has 4 heteroatoms. The number of Topliss-reactive ketones (excluding diaryl/α,β-unsaturated/α-hetero) is 1. The molecule has 136 valence electrons. The molecule has 24 heavy (non-hydrogen) atoms. The van der Waals surface area contributed by atoms with Gasteiger partial charge in [-0.05, 0) is 80.5 Å². The van der Waals surface area contributed by atoms with Crippen LogP contribution in [-0.2, 0) is 4.79 Å². The maximum atomic E-state index is 13.2. The van der Waals surface area contributed by atoms with Crippen LogP contribution >= 0.6 is 0 Å². The molecule has 0 bridgehead atoms. The molecule has 4 aliphatic rings. The number of carbonyl (C=O) groups excluding carboxylic acids is 1. The average molecular weight is 342 g/mol. The van der Waals surface area contributed by atoms with E-state index in [9.17, 15) is 18.0 Å². The minimum atomic E-state index is -4.03. The Labute approximate surface area is 142 Å². The summed E-state index contributed by atoms with van der Waals surface area (Å²) in [4.78, 5) is 12.4. The first kappa shape index (κ1) is 16.9. The zero-order chi connectivity index (χ0) is 17.3. The largest absolute Gasteiger partial charge is 0.391 e. The quantitative estimate of drug-likeness (QED) is 0.545. The molecule has 4 rings (SSSR count). The van der Waals surface area contributed by atoms with Crippen LogP contribution in [-0.4, -0.2) is 12.0 Å². The fourth-order valence-corrected chi connectivity index (χ4v) is 7.33. The van der Waals surface area contributed by atoms with E-state index in [-0.39, 0.29) is 16.7 Å². The predicted molar refractivity (Wildman–Crippen MR) is 86.3 cm³/mol. The van der Waals surface area contributed by atoms with E-state index in [4.69, 9.17) is 0 Å². The number of fused-ring (bicyclic) bond motifs is 5. The van der Waals surface area contributed by atoms with Gasteiger partial charge >= 0.3 is 6.18 Å². The van der Waals surface area contributed by atoms with Crippen molar-refractivity contribution in [3.05, 3.63) is 0 Å². The molecule has 4 aliphatic carbocycles. The summed E-state index contributed by atoms with van der Waals surface area (Å²) in [5.41, 5.74) is -0.0643. The van der Waals surface area contributed by atoms with Crippen LogP contribution in [0.5, 0.6) is 0 Å². The number of halogens is 3. The van der Waals surface area contributed by atoms with Gasteiger partial charge in [0.05, 0.1) is 5.92 Å². The van der Waals surface area contributed by atoms with E-state index in [0.717, 1.165) is 44.9 Å². The van der Waals surface area contributed by atoms with Gasteiger partial charge in [-0.1, -0.05) is 13.8 Å². The summed E-state index contributed by atoms with van der Waals surface area (Å²) in [5.74, 6) is 1.17. The Bertz CT molecular complexity index is 541. The summed E-state index contributed by atoms with van der Waals surface area (Å²) in [6.45, 7) is 4.44. The fourth-order valence-electron chi connectivity index (χ4n) is 7.33. The topological polar surface area (TPSA) is 17.1 Å². The SMILES string of the molecule is CC12CCC(C(F)(F)F)CC1CCC1C2CC[C@]2(C)C(=O)CCC12. The smallest absolute Gasteiger partial charge is 0.299 e. The molecule has 0 spiro atoms. The molecule has 0 aliphatic heterocycles. The van der Waals surface area contributed by atoms with Crippen LogP contribution in [0.3, 0.4) is 0 Å². The van der Waals surface area contributed by atoms with Crippen molar-refractivity contribution in [2.45, 2.75) is 77.8 Å². The Kier molecular flexibility index (Phi) is 3.69. The Morgan fingerprint density at radius 2 is 1.71 bits per heavy atom. The zero-order valence-electron chi connectivity index (χ0n) is 14.8. The van der Waals surface area contributed by atoms with Crippen LogP contribution in [0.15, 0.2) is 0 Å². The summed E-state index contributed by atoms with van der Waals surface area (Å²) in [6, 6.07) is 0. The van der Waals surface area contributed by atoms with Crippen LogP contribution < -0.4 is 0 Å². The average Bonchev–Trinajstić information content (AvgIpc) is 2.81. The Balaban J connectivity index is 1.58. The molecule has 4 fully saturated rings. The van der Waals surface area contributed by atoms with Crippen LogP contribution in [0.4, 0.5) is 13.2 Å². The van der Waals surface area contributed by atoms with Crippen molar-refractivity contribution in [2.24, 2.45) is 40.4 Å². The van der Waals surface area contributed by atoms with Crippen molar-refractivity contribution in [1.29, 1.82) is 0 Å². The van der Waals surface area contributed by atoms with Gasteiger partial charge in [-0.2, -0.15) is 13.2 Å². The van der Waals surface area contributed by atoms with Crippen LogP contribution in [0.25, 0.3) is 0 Å². The molecule has 4 saturated carbocycles. The third-order valence-electron chi connectivity index (χ3n) is 8.84. The molecular formula is C20H29F3O. The van der Waals surface area contributed by atoms with Crippen LogP contribution in [0.1, 0.15) is 71.6 Å². The molecule has 6 unspecified atom stereocenters. The second-order valence-electron chi connectivity index (χ2n) is 9.59. The van der Waals surface area contributed by atoms with Crippen molar-refractivity contribution in [3.8, 4) is 0 Å². The third-order valence-corrected chi connectivity index (χ3v) is 8.84. The lowest BCUT2D eigenvalue weighted by Crippen LogP contribution is -2.54. The molecule has 1 nitrogen and oxygen atoms in total. The molecule has 0 N–H and O–H groups in total. The lowest BCUT2D eigenvalue weighted by Gasteiger charge is -2.60. The molecule has 0 radical (unpaired) electrons. The first-order valence-corrected chi connectivity index (χ1v) is 9.76. The third kappa shape index (κ3) is 2.23. The highest BCUT2D eigenvalue weighted by Gasteiger charge is 2.61. The highest BCUT2D eigenvalue weighted by atomic mass is 19.4. The van der Waals surface area contributed by atoms with E-state index < -0.39 is 12.1 Å². The molecule has 0 aromatic carbocycles. The number of alkyl halides is 3. The standard InChI is InChI=1S/C20H29F3O/c1-18-9-7-13(20(21,22)23)11-12(18)3-4-14-15-5-6-17(24)19(15,2)10-8-16(14)18/h12-16H,3-11H2,1-2H3/t12?,13?,14?,15?,16?,18?,19-/m0/s1. The molecule has 0 amide bonds. The summed E-state index contributed by atoms with van der Waals surface area (Å²) >= 11 is 0. The first-order chi connectivity index (χ1) is 11.2. The van der Waals surface area contributed by atoms with Gasteiger partial charge in [0.1, 0.15) is 5.78 Å². The Hall–Kier alpha value is -0.540. The molecular weight excluding hydrogens is 313 g/mol. The van der Waals surface area contributed by atoms with E-state index in [0.29, 0.717) is 36.4 Å². The molecule has 0 saturated heterocycles. The van der Waals surface area contributed by atoms with E-state index in [1.807, 2.05) is 0 Å². The summed E-state index contributed by atoms with van der Waals surface area (Å²) in [5, 5.41) is 0. The van der Waals surface area contributed by atoms with Gasteiger partial charge in [0.15, 0.2) is 0 Å². The second-order valence-corrected chi connectivity index (χ2v) is 9.59. The van der Waals surface area contributed by atoms with Gasteiger partial charge in [-0.15, -0.1) is 0 Å². The number of ketones is 1. The zero-order valence-corrected chi connectivity index (χ0v) is 14.8. The van der Waals surface area contributed by atoms with E-state index in [2.05, 4.69) is 13.8 Å². The van der Waals surface area contributed by atoms with Crippen LogP contribution in [0.2, 0.25) is 0 Å². The van der Waals surface area contributed by atoms with E-state index >= 15 is 0 Å². The van der Waals surface area contributed by atoms with Crippen molar-refractivity contribution in [3.63, 3.8) is 0 Å². The number of hydrogen-bond donors (Lipinski definition) is 0. The van der Waals surface area contributed by atoms with Gasteiger partial charge in [-0.25, -0.2) is 0 Å². The van der Waals surface area contributed by atoms with Gasteiger partial charge in [0.2, 0.25) is 0 Å². The van der Waals surface area contributed by atoms with Crippen molar-refractivity contribution < 1.29 is 18.0 Å². The molecule has 7 atom stereocenters.